The molecular weight excluding hydrogens is 473 g/mol. The largest absolute Gasteiger partial charge is 0.497 e. The Morgan fingerprint density at radius 3 is 2.46 bits per heavy atom. The monoisotopic (exact) mass is 499 g/mol. The van der Waals surface area contributed by atoms with E-state index < -0.39 is 0 Å². The molecule has 2 N–H and O–H groups in total. The molecule has 1 aliphatic heterocycles. The number of halogens is 1. The van der Waals surface area contributed by atoms with Crippen molar-refractivity contribution in [2.45, 2.75) is 19.5 Å². The first kappa shape index (κ1) is 24.1. The van der Waals surface area contributed by atoms with E-state index in [1.54, 1.807) is 16.6 Å². The summed E-state index contributed by atoms with van der Waals surface area (Å²) in [5, 5.41) is 6.08. The van der Waals surface area contributed by atoms with Gasteiger partial charge in [0.1, 0.15) is 11.6 Å². The third-order valence-electron chi connectivity index (χ3n) is 6.24. The van der Waals surface area contributed by atoms with E-state index in [-0.39, 0.29) is 24.0 Å². The number of methoxy groups -OCH3 is 1. The number of aromatic nitrogens is 2. The fraction of sp³-hybridized carbons (Fsp3) is 0.179. The van der Waals surface area contributed by atoms with Gasteiger partial charge in [0, 0.05) is 25.2 Å². The Balaban J connectivity index is 1.43. The van der Waals surface area contributed by atoms with Crippen LogP contribution in [-0.4, -0.2) is 34.1 Å². The van der Waals surface area contributed by atoms with Gasteiger partial charge in [-0.15, -0.1) is 0 Å². The SMILES string of the molecule is COc1ccc(CNc2nc3c(c(=O)n2-c2ccccc2)CN(C(=O)Nc2ccc(F)cc2)CC3)cc1. The molecule has 0 radical (unpaired) electrons. The van der Waals surface area contributed by atoms with E-state index in [2.05, 4.69) is 10.6 Å². The van der Waals surface area contributed by atoms with Crippen molar-refractivity contribution in [1.29, 1.82) is 0 Å². The van der Waals surface area contributed by atoms with E-state index in [9.17, 15) is 14.0 Å². The number of rotatable bonds is 6. The third-order valence-corrected chi connectivity index (χ3v) is 6.24. The Kier molecular flexibility index (Phi) is 6.85. The zero-order valence-corrected chi connectivity index (χ0v) is 20.3. The van der Waals surface area contributed by atoms with Gasteiger partial charge in [-0.2, -0.15) is 0 Å². The van der Waals surface area contributed by atoms with Crippen LogP contribution in [0.2, 0.25) is 0 Å². The summed E-state index contributed by atoms with van der Waals surface area (Å²) in [4.78, 5) is 33.0. The molecule has 4 aromatic rings. The lowest BCUT2D eigenvalue weighted by atomic mass is 10.1. The maximum atomic E-state index is 13.8. The quantitative estimate of drug-likeness (QED) is 0.405. The van der Waals surface area contributed by atoms with Crippen molar-refractivity contribution in [3.8, 4) is 11.4 Å². The molecule has 0 unspecified atom stereocenters. The van der Waals surface area contributed by atoms with E-state index in [1.165, 1.54) is 24.3 Å². The Morgan fingerprint density at radius 1 is 1.03 bits per heavy atom. The van der Waals surface area contributed by atoms with Crippen LogP contribution in [0, 0.1) is 5.82 Å². The van der Waals surface area contributed by atoms with Crippen molar-refractivity contribution in [3.63, 3.8) is 0 Å². The lowest BCUT2D eigenvalue weighted by Gasteiger charge is -2.29. The molecule has 0 saturated carbocycles. The highest BCUT2D eigenvalue weighted by Gasteiger charge is 2.27. The number of amides is 2. The van der Waals surface area contributed by atoms with Gasteiger partial charge in [0.15, 0.2) is 0 Å². The molecule has 8 nitrogen and oxygen atoms in total. The number of hydrogen-bond donors (Lipinski definition) is 2. The van der Waals surface area contributed by atoms with Gasteiger partial charge >= 0.3 is 6.03 Å². The second-order valence-corrected chi connectivity index (χ2v) is 8.65. The molecule has 0 fully saturated rings. The zero-order valence-electron chi connectivity index (χ0n) is 20.3. The first-order valence-electron chi connectivity index (χ1n) is 11.9. The standard InChI is InChI=1S/C28H26FN5O3/c1-37-23-13-7-19(8-14-23)17-30-27-32-25-15-16-33(28(36)31-21-11-9-20(29)10-12-21)18-24(25)26(35)34(27)22-5-3-2-4-6-22/h2-14H,15-18H2,1H3,(H,30,32)(H,31,36). The highest BCUT2D eigenvalue weighted by atomic mass is 19.1. The van der Waals surface area contributed by atoms with E-state index in [0.717, 1.165) is 11.3 Å². The van der Waals surface area contributed by atoms with Gasteiger partial charge in [-0.3, -0.25) is 4.79 Å². The molecule has 2 heterocycles. The summed E-state index contributed by atoms with van der Waals surface area (Å²) >= 11 is 0. The fourth-order valence-electron chi connectivity index (χ4n) is 4.25. The van der Waals surface area contributed by atoms with Crippen molar-refractivity contribution < 1.29 is 13.9 Å². The average molecular weight is 500 g/mol. The van der Waals surface area contributed by atoms with Crippen LogP contribution in [0.3, 0.4) is 0 Å². The number of benzene rings is 3. The first-order chi connectivity index (χ1) is 18.0. The smallest absolute Gasteiger partial charge is 0.322 e. The maximum absolute atomic E-state index is 13.8. The highest BCUT2D eigenvalue weighted by molar-refractivity contribution is 5.89. The van der Waals surface area contributed by atoms with Crippen molar-refractivity contribution in [1.82, 2.24) is 14.5 Å². The van der Waals surface area contributed by atoms with Crippen LogP contribution in [0.25, 0.3) is 5.69 Å². The lowest BCUT2D eigenvalue weighted by molar-refractivity contribution is 0.205. The Hall–Kier alpha value is -4.66. The Labute approximate surface area is 213 Å². The van der Waals surface area contributed by atoms with Crippen molar-refractivity contribution >= 4 is 17.7 Å². The van der Waals surface area contributed by atoms with E-state index in [0.29, 0.717) is 48.1 Å². The molecule has 2 amide bonds. The lowest BCUT2D eigenvalue weighted by Crippen LogP contribution is -2.43. The van der Waals surface area contributed by atoms with Crippen LogP contribution in [0.5, 0.6) is 5.75 Å². The van der Waals surface area contributed by atoms with Crippen LogP contribution in [-0.2, 0) is 19.5 Å². The molecule has 1 aliphatic rings. The van der Waals surface area contributed by atoms with Crippen molar-refractivity contribution in [2.75, 3.05) is 24.3 Å². The molecule has 0 spiro atoms. The first-order valence-corrected chi connectivity index (χ1v) is 11.9. The van der Waals surface area contributed by atoms with Gasteiger partial charge in [-0.25, -0.2) is 18.7 Å². The fourth-order valence-corrected chi connectivity index (χ4v) is 4.25. The van der Waals surface area contributed by atoms with E-state index in [4.69, 9.17) is 9.72 Å². The minimum atomic E-state index is -0.381. The number of para-hydroxylation sites is 1. The number of ether oxygens (including phenoxy) is 1. The summed E-state index contributed by atoms with van der Waals surface area (Å²) in [5.74, 6) is 0.827. The predicted molar refractivity (Wildman–Crippen MR) is 140 cm³/mol. The van der Waals surface area contributed by atoms with E-state index >= 15 is 0 Å². The van der Waals surface area contributed by atoms with Crippen molar-refractivity contribution in [2.24, 2.45) is 0 Å². The summed E-state index contributed by atoms with van der Waals surface area (Å²) in [6, 6.07) is 22.1. The minimum absolute atomic E-state index is 0.125. The summed E-state index contributed by atoms with van der Waals surface area (Å²) < 4.78 is 20.0. The number of urea groups is 1. The van der Waals surface area contributed by atoms with Crippen LogP contribution in [0.15, 0.2) is 83.7 Å². The van der Waals surface area contributed by atoms with Gasteiger partial charge in [-0.1, -0.05) is 30.3 Å². The van der Waals surface area contributed by atoms with Crippen molar-refractivity contribution in [3.05, 3.63) is 112 Å². The van der Waals surface area contributed by atoms with Gasteiger partial charge in [0.05, 0.1) is 30.6 Å². The summed E-state index contributed by atoms with van der Waals surface area (Å²) in [6.07, 6.45) is 0.439. The topological polar surface area (TPSA) is 88.5 Å². The number of fused-ring (bicyclic) bond motifs is 1. The summed E-state index contributed by atoms with van der Waals surface area (Å²) in [5.41, 5.74) is 3.08. The molecular formula is C28H26FN5O3. The molecule has 0 bridgehead atoms. The van der Waals surface area contributed by atoms with Crippen LogP contribution < -0.4 is 20.9 Å². The number of carbonyl (C=O) groups excluding carboxylic acids is 1. The number of anilines is 2. The van der Waals surface area contributed by atoms with Gasteiger partial charge in [0.25, 0.3) is 5.56 Å². The van der Waals surface area contributed by atoms with Crippen LogP contribution in [0.4, 0.5) is 20.8 Å². The van der Waals surface area contributed by atoms with Crippen LogP contribution in [0.1, 0.15) is 16.8 Å². The molecule has 1 aromatic heterocycles. The predicted octanol–water partition coefficient (Wildman–Crippen LogP) is 4.58. The highest BCUT2D eigenvalue weighted by Crippen LogP contribution is 2.21. The van der Waals surface area contributed by atoms with Crippen LogP contribution >= 0.6 is 0 Å². The molecule has 0 saturated heterocycles. The molecule has 188 valence electrons. The number of hydrogen-bond acceptors (Lipinski definition) is 5. The second-order valence-electron chi connectivity index (χ2n) is 8.65. The normalized spacial score (nSPS) is 12.5. The van der Waals surface area contributed by atoms with Gasteiger partial charge in [-0.05, 0) is 54.1 Å². The molecule has 37 heavy (non-hydrogen) atoms. The molecule has 9 heteroatoms. The molecule has 3 aromatic carbocycles. The zero-order chi connectivity index (χ0) is 25.8. The minimum Gasteiger partial charge on any atom is -0.497 e. The number of carbonyl (C=O) groups is 1. The summed E-state index contributed by atoms with van der Waals surface area (Å²) in [7, 11) is 1.62. The number of nitrogens with zero attached hydrogens (tertiary/aromatic N) is 3. The summed E-state index contributed by atoms with van der Waals surface area (Å²) in [6.45, 7) is 0.994. The third kappa shape index (κ3) is 5.30. The van der Waals surface area contributed by atoms with Gasteiger partial charge < -0.3 is 20.3 Å². The average Bonchev–Trinajstić information content (AvgIpc) is 2.93. The maximum Gasteiger partial charge on any atom is 0.322 e. The number of nitrogens with one attached hydrogen (secondary N) is 2. The Bertz CT molecular complexity index is 1450. The second kappa shape index (κ2) is 10.5. The molecule has 0 aliphatic carbocycles. The molecule has 0 atom stereocenters. The Morgan fingerprint density at radius 2 is 1.76 bits per heavy atom. The molecule has 5 rings (SSSR count). The van der Waals surface area contributed by atoms with E-state index in [1.807, 2.05) is 54.6 Å². The van der Waals surface area contributed by atoms with Gasteiger partial charge in [0.2, 0.25) is 5.95 Å².